The molecule has 0 radical (unpaired) electrons. The number of halogens is 2. The Hall–Kier alpha value is -1.33. The summed E-state index contributed by atoms with van der Waals surface area (Å²) in [6.07, 6.45) is 4.29. The van der Waals surface area contributed by atoms with E-state index < -0.39 is 6.04 Å². The van der Waals surface area contributed by atoms with Gasteiger partial charge in [-0.25, -0.2) is 4.39 Å². The second-order valence-corrected chi connectivity index (χ2v) is 6.78. The highest BCUT2D eigenvalue weighted by molar-refractivity contribution is 5.85. The highest BCUT2D eigenvalue weighted by Crippen LogP contribution is 2.44. The van der Waals surface area contributed by atoms with Crippen molar-refractivity contribution in [3.05, 3.63) is 29.6 Å². The minimum Gasteiger partial charge on any atom is -0.496 e. The van der Waals surface area contributed by atoms with E-state index in [4.69, 9.17) is 4.74 Å². The molecule has 0 bridgehead atoms. The van der Waals surface area contributed by atoms with Crippen molar-refractivity contribution < 1.29 is 13.9 Å². The van der Waals surface area contributed by atoms with E-state index in [1.165, 1.54) is 19.6 Å². The third-order valence-corrected chi connectivity index (χ3v) is 5.50. The van der Waals surface area contributed by atoms with Gasteiger partial charge in [0.1, 0.15) is 11.6 Å². The second kappa shape index (κ2) is 7.70. The molecule has 24 heavy (non-hydrogen) atoms. The molecule has 1 aliphatic carbocycles. The molecule has 1 aliphatic heterocycles. The van der Waals surface area contributed by atoms with Crippen LogP contribution in [0.5, 0.6) is 5.75 Å². The van der Waals surface area contributed by atoms with Gasteiger partial charge in [0.2, 0.25) is 5.91 Å². The van der Waals surface area contributed by atoms with Crippen LogP contribution < -0.4 is 15.4 Å². The van der Waals surface area contributed by atoms with Gasteiger partial charge in [0.25, 0.3) is 0 Å². The number of carbonyl (C=O) groups excluding carboxylic acids is 1. The molecule has 2 aliphatic rings. The quantitative estimate of drug-likeness (QED) is 0.871. The van der Waals surface area contributed by atoms with Gasteiger partial charge in [-0.1, -0.05) is 18.9 Å². The number of carbonyl (C=O) groups is 1. The largest absolute Gasteiger partial charge is 0.496 e. The lowest BCUT2D eigenvalue weighted by atomic mass is 9.67. The topological polar surface area (TPSA) is 50.4 Å². The Morgan fingerprint density at radius 1 is 1.46 bits per heavy atom. The van der Waals surface area contributed by atoms with Crippen LogP contribution in [0.15, 0.2) is 18.2 Å². The highest BCUT2D eigenvalue weighted by Gasteiger charge is 2.50. The zero-order valence-electron chi connectivity index (χ0n) is 14.2. The van der Waals surface area contributed by atoms with Crippen molar-refractivity contribution in [1.82, 2.24) is 10.6 Å². The van der Waals surface area contributed by atoms with E-state index in [2.05, 4.69) is 10.6 Å². The molecule has 1 heterocycles. The third-order valence-electron chi connectivity index (χ3n) is 5.50. The van der Waals surface area contributed by atoms with Gasteiger partial charge in [0, 0.05) is 6.54 Å². The maximum Gasteiger partial charge on any atom is 0.228 e. The molecule has 1 aromatic carbocycles. The van der Waals surface area contributed by atoms with Crippen molar-refractivity contribution in [1.29, 1.82) is 0 Å². The lowest BCUT2D eigenvalue weighted by Crippen LogP contribution is -2.48. The second-order valence-electron chi connectivity index (χ2n) is 6.78. The molecule has 1 amide bonds. The molecule has 2 N–H and O–H groups in total. The maximum absolute atomic E-state index is 14.2. The minimum absolute atomic E-state index is 0. The summed E-state index contributed by atoms with van der Waals surface area (Å²) in [6, 6.07) is 4.32. The van der Waals surface area contributed by atoms with Crippen molar-refractivity contribution in [2.45, 2.75) is 38.6 Å². The van der Waals surface area contributed by atoms with Gasteiger partial charge in [-0.15, -0.1) is 12.4 Å². The van der Waals surface area contributed by atoms with E-state index in [1.807, 2.05) is 6.92 Å². The SMILES string of the molecule is COc1cccc(F)c1C(C)NC(=O)[C@@]12CCCC[C@H]1CNC2.Cl. The number of ether oxygens (including phenoxy) is 1. The van der Waals surface area contributed by atoms with Crippen LogP contribution in [0.4, 0.5) is 4.39 Å². The molecule has 3 atom stereocenters. The number of rotatable bonds is 4. The van der Waals surface area contributed by atoms with Gasteiger partial charge < -0.3 is 15.4 Å². The minimum atomic E-state index is -0.420. The van der Waals surface area contributed by atoms with Crippen molar-refractivity contribution in [2.24, 2.45) is 11.3 Å². The first-order valence-corrected chi connectivity index (χ1v) is 8.42. The normalized spacial score (nSPS) is 26.9. The fourth-order valence-electron chi connectivity index (χ4n) is 4.22. The van der Waals surface area contributed by atoms with Crippen LogP contribution in [0.25, 0.3) is 0 Å². The van der Waals surface area contributed by atoms with E-state index in [0.717, 1.165) is 32.4 Å². The number of fused-ring (bicyclic) bond motifs is 1. The third kappa shape index (κ3) is 3.24. The molecule has 0 aromatic heterocycles. The average Bonchev–Trinajstić information content (AvgIpc) is 2.99. The summed E-state index contributed by atoms with van der Waals surface area (Å²) in [4.78, 5) is 13.0. The molecule has 1 saturated carbocycles. The zero-order valence-corrected chi connectivity index (χ0v) is 15.0. The van der Waals surface area contributed by atoms with Crippen molar-refractivity contribution in [3.8, 4) is 5.75 Å². The Morgan fingerprint density at radius 3 is 3.00 bits per heavy atom. The molecule has 3 rings (SSSR count). The fraction of sp³-hybridized carbons (Fsp3) is 0.611. The van der Waals surface area contributed by atoms with Gasteiger partial charge in [0.15, 0.2) is 0 Å². The molecule has 1 saturated heterocycles. The average molecular weight is 357 g/mol. The molecule has 0 spiro atoms. The molecule has 1 aromatic rings. The van der Waals surface area contributed by atoms with Crippen LogP contribution in [-0.4, -0.2) is 26.1 Å². The van der Waals surface area contributed by atoms with Crippen LogP contribution >= 0.6 is 12.4 Å². The Balaban J connectivity index is 0.00000208. The molecule has 134 valence electrons. The molecular weight excluding hydrogens is 331 g/mol. The summed E-state index contributed by atoms with van der Waals surface area (Å²) in [5.74, 6) is 0.565. The van der Waals surface area contributed by atoms with E-state index in [0.29, 0.717) is 17.2 Å². The summed E-state index contributed by atoms with van der Waals surface area (Å²) in [5.41, 5.74) is 0.0865. The first-order chi connectivity index (χ1) is 11.1. The standard InChI is InChI=1S/C18H25FN2O2.ClH/c1-12(16-14(19)7-5-8-15(16)23-2)21-17(22)18-9-4-3-6-13(18)10-20-11-18;/h5,7-8,12-13,20H,3-4,6,9-11H2,1-2H3,(H,21,22);1H/t12?,13-,18+;/m0./s1. The number of nitrogens with one attached hydrogen (secondary N) is 2. The first kappa shape index (κ1) is 19.0. The van der Waals surface area contributed by atoms with Crippen LogP contribution in [-0.2, 0) is 4.79 Å². The lowest BCUT2D eigenvalue weighted by molar-refractivity contribution is -0.134. The Bertz CT molecular complexity index is 598. The van der Waals surface area contributed by atoms with Crippen molar-refractivity contribution in [3.63, 3.8) is 0 Å². The summed E-state index contributed by atoms with van der Waals surface area (Å²) < 4.78 is 19.5. The summed E-state index contributed by atoms with van der Waals surface area (Å²) >= 11 is 0. The van der Waals surface area contributed by atoms with Gasteiger partial charge in [-0.05, 0) is 44.4 Å². The Morgan fingerprint density at radius 2 is 2.25 bits per heavy atom. The number of methoxy groups -OCH3 is 1. The van der Waals surface area contributed by atoms with Gasteiger partial charge in [-0.3, -0.25) is 4.79 Å². The predicted octanol–water partition coefficient (Wildman–Crippen LogP) is 3.21. The first-order valence-electron chi connectivity index (χ1n) is 8.42. The van der Waals surface area contributed by atoms with Crippen LogP contribution in [0.1, 0.15) is 44.2 Å². The molecule has 4 nitrogen and oxygen atoms in total. The summed E-state index contributed by atoms with van der Waals surface area (Å²) in [5, 5.41) is 6.42. The maximum atomic E-state index is 14.2. The van der Waals surface area contributed by atoms with Crippen molar-refractivity contribution in [2.75, 3.05) is 20.2 Å². The Kier molecular flexibility index (Phi) is 6.10. The summed E-state index contributed by atoms with van der Waals surface area (Å²) in [6.45, 7) is 3.45. The number of hydrogen-bond acceptors (Lipinski definition) is 3. The lowest BCUT2D eigenvalue weighted by Gasteiger charge is -2.38. The number of benzene rings is 1. The number of amides is 1. The molecular formula is C18H26ClFN2O2. The van der Waals surface area contributed by atoms with E-state index >= 15 is 0 Å². The smallest absolute Gasteiger partial charge is 0.228 e. The van der Waals surface area contributed by atoms with E-state index in [-0.39, 0.29) is 29.5 Å². The molecule has 2 fully saturated rings. The predicted molar refractivity (Wildman–Crippen MR) is 94.0 cm³/mol. The molecule has 1 unspecified atom stereocenters. The monoisotopic (exact) mass is 356 g/mol. The zero-order chi connectivity index (χ0) is 16.4. The van der Waals surface area contributed by atoms with Gasteiger partial charge in [-0.2, -0.15) is 0 Å². The molecule has 6 heteroatoms. The van der Waals surface area contributed by atoms with Crippen LogP contribution in [0.3, 0.4) is 0 Å². The van der Waals surface area contributed by atoms with Gasteiger partial charge in [0.05, 0.1) is 24.1 Å². The van der Waals surface area contributed by atoms with Gasteiger partial charge >= 0.3 is 0 Å². The van der Waals surface area contributed by atoms with Crippen LogP contribution in [0, 0.1) is 17.2 Å². The Labute approximate surface area is 148 Å². The number of hydrogen-bond donors (Lipinski definition) is 2. The highest BCUT2D eigenvalue weighted by atomic mass is 35.5. The van der Waals surface area contributed by atoms with Crippen molar-refractivity contribution >= 4 is 18.3 Å². The fourth-order valence-corrected chi connectivity index (χ4v) is 4.22. The van der Waals surface area contributed by atoms with Crippen LogP contribution in [0.2, 0.25) is 0 Å². The summed E-state index contributed by atoms with van der Waals surface area (Å²) in [7, 11) is 1.52. The van der Waals surface area contributed by atoms with E-state index in [9.17, 15) is 9.18 Å². The van der Waals surface area contributed by atoms with E-state index in [1.54, 1.807) is 12.1 Å².